The summed E-state index contributed by atoms with van der Waals surface area (Å²) in [6.07, 6.45) is -0.187. The molecule has 28 heavy (non-hydrogen) atoms. The lowest BCUT2D eigenvalue weighted by atomic mass is 10.1. The quantitative estimate of drug-likeness (QED) is 0.424. The van der Waals surface area contributed by atoms with Gasteiger partial charge < -0.3 is 31.1 Å². The molecule has 3 atom stereocenters. The molecule has 156 valence electrons. The van der Waals surface area contributed by atoms with Gasteiger partial charge >= 0.3 is 0 Å². The molecule has 0 heterocycles. The van der Waals surface area contributed by atoms with Crippen LogP contribution in [0, 0.1) is 0 Å². The van der Waals surface area contributed by atoms with E-state index in [1.54, 1.807) is 38.4 Å². The summed E-state index contributed by atoms with van der Waals surface area (Å²) in [6.45, 7) is 1.50. The van der Waals surface area contributed by atoms with E-state index < -0.39 is 30.0 Å². The van der Waals surface area contributed by atoms with Gasteiger partial charge in [0.25, 0.3) is 5.91 Å². The number of aliphatic hydroxyl groups is 1. The second-order valence-corrected chi connectivity index (χ2v) is 6.62. The Kier molecular flexibility index (Phi) is 9.40. The number of nitrogens with zero attached hydrogens (tertiary/aromatic N) is 1. The molecule has 0 aliphatic heterocycles. The third kappa shape index (κ3) is 6.82. The van der Waals surface area contributed by atoms with Crippen LogP contribution in [0.3, 0.4) is 0 Å². The number of methoxy groups -OCH3 is 1. The van der Waals surface area contributed by atoms with Crippen molar-refractivity contribution in [1.82, 2.24) is 15.5 Å². The molecule has 5 N–H and O–H groups in total. The first-order chi connectivity index (χ1) is 13.2. The average Bonchev–Trinajstić information content (AvgIpc) is 2.69. The van der Waals surface area contributed by atoms with Gasteiger partial charge in [-0.3, -0.25) is 14.4 Å². The van der Waals surface area contributed by atoms with E-state index in [0.717, 1.165) is 6.42 Å². The molecule has 1 aromatic carbocycles. The lowest BCUT2D eigenvalue weighted by Crippen LogP contribution is -2.49. The Bertz CT molecular complexity index is 663. The number of carbonyl (C=O) groups excluding carboxylic acids is 3. The van der Waals surface area contributed by atoms with Crippen LogP contribution in [0.15, 0.2) is 24.3 Å². The van der Waals surface area contributed by atoms with Crippen LogP contribution >= 0.6 is 0 Å². The Morgan fingerprint density at radius 2 is 1.82 bits per heavy atom. The summed E-state index contributed by atoms with van der Waals surface area (Å²) >= 11 is 0. The maximum Gasteiger partial charge on any atom is 0.250 e. The van der Waals surface area contributed by atoms with Gasteiger partial charge in [-0.15, -0.1) is 0 Å². The molecule has 0 aromatic heterocycles. The second kappa shape index (κ2) is 11.3. The number of likely N-dealkylation sites (N-methyl/N-ethyl adjacent to an activating group) is 1. The van der Waals surface area contributed by atoms with E-state index in [9.17, 15) is 19.5 Å². The fraction of sp³-hybridized carbons (Fsp3) is 0.526. The molecule has 1 rings (SSSR count). The number of benzene rings is 1. The van der Waals surface area contributed by atoms with E-state index in [1.165, 1.54) is 12.0 Å². The maximum atomic E-state index is 12.5. The first-order valence-corrected chi connectivity index (χ1v) is 9.07. The van der Waals surface area contributed by atoms with Crippen LogP contribution in [0.4, 0.5) is 0 Å². The highest BCUT2D eigenvalue weighted by atomic mass is 16.5. The molecule has 9 nitrogen and oxygen atoms in total. The molecule has 0 aliphatic rings. The Hall–Kier alpha value is -2.65. The molecular weight excluding hydrogens is 364 g/mol. The number of nitrogens with two attached hydrogens (primary N) is 1. The normalized spacial score (nSPS) is 13.8. The highest BCUT2D eigenvalue weighted by molar-refractivity contribution is 5.91. The summed E-state index contributed by atoms with van der Waals surface area (Å²) < 4.78 is 5.10. The lowest BCUT2D eigenvalue weighted by Gasteiger charge is -2.23. The molecule has 0 saturated heterocycles. The fourth-order valence-electron chi connectivity index (χ4n) is 2.51. The van der Waals surface area contributed by atoms with Gasteiger partial charge in [0, 0.05) is 20.1 Å². The van der Waals surface area contributed by atoms with Crippen LogP contribution < -0.4 is 21.1 Å². The predicted octanol–water partition coefficient (Wildman–Crippen LogP) is -0.455. The van der Waals surface area contributed by atoms with Crippen molar-refractivity contribution in [3.05, 3.63) is 29.8 Å². The van der Waals surface area contributed by atoms with Gasteiger partial charge in [0.05, 0.1) is 13.7 Å². The third-order valence-electron chi connectivity index (χ3n) is 4.16. The van der Waals surface area contributed by atoms with Crippen molar-refractivity contribution in [3.63, 3.8) is 0 Å². The first-order valence-electron chi connectivity index (χ1n) is 9.07. The monoisotopic (exact) mass is 394 g/mol. The summed E-state index contributed by atoms with van der Waals surface area (Å²) in [5, 5.41) is 14.8. The van der Waals surface area contributed by atoms with Crippen LogP contribution in [0.25, 0.3) is 0 Å². The molecule has 9 heteroatoms. The summed E-state index contributed by atoms with van der Waals surface area (Å²) in [4.78, 5) is 38.0. The molecule has 1 aromatic rings. The van der Waals surface area contributed by atoms with Crippen molar-refractivity contribution in [2.45, 2.75) is 38.0 Å². The van der Waals surface area contributed by atoms with E-state index in [0.29, 0.717) is 17.7 Å². The van der Waals surface area contributed by atoms with Gasteiger partial charge in [-0.1, -0.05) is 25.5 Å². The van der Waals surface area contributed by atoms with Crippen molar-refractivity contribution in [1.29, 1.82) is 0 Å². The maximum absolute atomic E-state index is 12.5. The summed E-state index contributed by atoms with van der Waals surface area (Å²) in [5.74, 6) is -0.998. The number of nitrogens with one attached hydrogen (secondary N) is 2. The zero-order valence-corrected chi connectivity index (χ0v) is 16.8. The second-order valence-electron chi connectivity index (χ2n) is 6.62. The largest absolute Gasteiger partial charge is 0.497 e. The highest BCUT2D eigenvalue weighted by Crippen LogP contribution is 2.19. The summed E-state index contributed by atoms with van der Waals surface area (Å²) in [7, 11) is 4.69. The number of hydrogen-bond donors (Lipinski definition) is 4. The van der Waals surface area contributed by atoms with Crippen LogP contribution in [-0.2, 0) is 14.4 Å². The minimum Gasteiger partial charge on any atom is -0.497 e. The number of ether oxygens (including phenoxy) is 1. The molecule has 0 spiro atoms. The van der Waals surface area contributed by atoms with Gasteiger partial charge in [0.2, 0.25) is 11.8 Å². The van der Waals surface area contributed by atoms with E-state index >= 15 is 0 Å². The number of amides is 3. The van der Waals surface area contributed by atoms with Crippen molar-refractivity contribution in [3.8, 4) is 5.75 Å². The Labute approximate surface area is 165 Å². The van der Waals surface area contributed by atoms with Gasteiger partial charge in [0.15, 0.2) is 0 Å². The standard InChI is InChI=1S/C19H30N4O5/c1-5-6-14(20)17(25)18(26)21-11-15(24)22-16(19(27)23(2)3)12-7-9-13(28-4)10-8-12/h7-10,14,16-17,25H,5-6,11,20H2,1-4H3,(H,21,26)(H,22,24)/t14-,16-,17?/m0/s1. The third-order valence-corrected chi connectivity index (χ3v) is 4.16. The van der Waals surface area contributed by atoms with Crippen molar-refractivity contribution < 1.29 is 24.2 Å². The highest BCUT2D eigenvalue weighted by Gasteiger charge is 2.26. The van der Waals surface area contributed by atoms with Crippen molar-refractivity contribution in [2.24, 2.45) is 5.73 Å². The SMILES string of the molecule is CCC[C@H](N)C(O)C(=O)NCC(=O)N[C@H](C(=O)N(C)C)c1ccc(OC)cc1. The molecular formula is C19H30N4O5. The lowest BCUT2D eigenvalue weighted by molar-refractivity contribution is -0.135. The van der Waals surface area contributed by atoms with Crippen LogP contribution in [-0.4, -0.2) is 67.6 Å². The molecule has 3 amide bonds. The number of aliphatic hydroxyl groups excluding tert-OH is 1. The number of rotatable bonds is 10. The zero-order chi connectivity index (χ0) is 21.3. The van der Waals surface area contributed by atoms with Crippen molar-refractivity contribution in [2.75, 3.05) is 27.7 Å². The Morgan fingerprint density at radius 1 is 1.21 bits per heavy atom. The first kappa shape index (κ1) is 23.4. The van der Waals surface area contributed by atoms with Gasteiger partial charge in [-0.2, -0.15) is 0 Å². The minimum absolute atomic E-state index is 0.324. The molecule has 0 aliphatic carbocycles. The molecule has 1 unspecified atom stereocenters. The van der Waals surface area contributed by atoms with Gasteiger partial charge in [-0.25, -0.2) is 0 Å². The molecule has 0 saturated carbocycles. The molecule has 0 radical (unpaired) electrons. The van der Waals surface area contributed by atoms with Gasteiger partial charge in [0.1, 0.15) is 17.9 Å². The topological polar surface area (TPSA) is 134 Å². The summed E-state index contributed by atoms with van der Waals surface area (Å²) in [5.41, 5.74) is 6.29. The predicted molar refractivity (Wildman–Crippen MR) is 104 cm³/mol. The van der Waals surface area contributed by atoms with Crippen LogP contribution in [0.5, 0.6) is 5.75 Å². The number of hydrogen-bond acceptors (Lipinski definition) is 6. The van der Waals surface area contributed by atoms with E-state index in [2.05, 4.69) is 10.6 Å². The Morgan fingerprint density at radius 3 is 2.32 bits per heavy atom. The zero-order valence-electron chi connectivity index (χ0n) is 16.8. The van der Waals surface area contributed by atoms with Crippen LogP contribution in [0.2, 0.25) is 0 Å². The average molecular weight is 394 g/mol. The number of carbonyl (C=O) groups is 3. The molecule has 0 fully saturated rings. The molecule has 0 bridgehead atoms. The van der Waals surface area contributed by atoms with E-state index in [-0.39, 0.29) is 12.5 Å². The smallest absolute Gasteiger partial charge is 0.250 e. The van der Waals surface area contributed by atoms with E-state index in [1.807, 2.05) is 6.92 Å². The Balaban J connectivity index is 2.76. The fourth-order valence-corrected chi connectivity index (χ4v) is 2.51. The van der Waals surface area contributed by atoms with Crippen molar-refractivity contribution >= 4 is 17.7 Å². The van der Waals surface area contributed by atoms with Crippen LogP contribution in [0.1, 0.15) is 31.4 Å². The minimum atomic E-state index is -1.39. The van der Waals surface area contributed by atoms with E-state index in [4.69, 9.17) is 10.5 Å². The summed E-state index contributed by atoms with van der Waals surface area (Å²) in [6, 6.07) is 5.11. The van der Waals surface area contributed by atoms with Gasteiger partial charge in [-0.05, 0) is 24.1 Å².